The maximum absolute atomic E-state index is 5.40. The minimum absolute atomic E-state index is 0.410. The van der Waals surface area contributed by atoms with Crippen molar-refractivity contribution >= 4 is 5.96 Å². The van der Waals surface area contributed by atoms with E-state index in [1.54, 1.807) is 7.11 Å². The molecule has 142 valence electrons. The summed E-state index contributed by atoms with van der Waals surface area (Å²) in [5, 5.41) is 6.87. The highest BCUT2D eigenvalue weighted by Gasteiger charge is 2.07. The molecule has 0 heterocycles. The predicted octanol–water partition coefficient (Wildman–Crippen LogP) is 2.91. The molecule has 0 saturated carbocycles. The summed E-state index contributed by atoms with van der Waals surface area (Å²) in [4.78, 5) is 6.80. The monoisotopic (exact) mass is 348 g/mol. The van der Waals surface area contributed by atoms with Gasteiger partial charge in [0.25, 0.3) is 0 Å². The van der Waals surface area contributed by atoms with E-state index in [9.17, 15) is 0 Å². The normalized spacial score (nSPS) is 13.0. The number of para-hydroxylation sites is 1. The van der Waals surface area contributed by atoms with Crippen LogP contribution in [0.2, 0.25) is 0 Å². The number of ether oxygens (including phenoxy) is 1. The summed E-state index contributed by atoms with van der Waals surface area (Å²) in [5.41, 5.74) is 1.21. The lowest BCUT2D eigenvalue weighted by atomic mass is 10.1. The van der Waals surface area contributed by atoms with E-state index in [2.05, 4.69) is 47.4 Å². The highest BCUT2D eigenvalue weighted by atomic mass is 16.5. The van der Waals surface area contributed by atoms with Crippen molar-refractivity contribution in [1.29, 1.82) is 0 Å². The van der Waals surface area contributed by atoms with Crippen LogP contribution < -0.4 is 15.4 Å². The smallest absolute Gasteiger partial charge is 0.191 e. The number of hydrogen-bond donors (Lipinski definition) is 2. The number of methoxy groups -OCH3 is 1. The van der Waals surface area contributed by atoms with E-state index in [1.807, 2.05) is 25.2 Å². The standard InChI is InChI=1S/C20H36N4O/c1-6-24(7-2)16-10-11-17(3)23-20(21-4)22-15-14-18-12-8-9-13-19(18)25-5/h8-9,12-13,17H,6-7,10-11,14-16H2,1-5H3,(H2,21,22,23). The molecule has 0 aliphatic rings. The molecule has 0 aliphatic heterocycles. The van der Waals surface area contributed by atoms with E-state index < -0.39 is 0 Å². The lowest BCUT2D eigenvalue weighted by Crippen LogP contribution is -2.43. The Balaban J connectivity index is 2.32. The van der Waals surface area contributed by atoms with Crippen LogP contribution in [0, 0.1) is 0 Å². The second-order valence-corrected chi connectivity index (χ2v) is 6.28. The summed E-state index contributed by atoms with van der Waals surface area (Å²) in [6.07, 6.45) is 3.25. The van der Waals surface area contributed by atoms with Crippen LogP contribution in [-0.4, -0.2) is 57.2 Å². The zero-order valence-electron chi connectivity index (χ0n) is 16.6. The van der Waals surface area contributed by atoms with E-state index in [-0.39, 0.29) is 0 Å². The second-order valence-electron chi connectivity index (χ2n) is 6.28. The van der Waals surface area contributed by atoms with Gasteiger partial charge in [-0.05, 0) is 57.5 Å². The Morgan fingerprint density at radius 2 is 1.96 bits per heavy atom. The molecular formula is C20H36N4O. The van der Waals surface area contributed by atoms with Crippen LogP contribution in [0.4, 0.5) is 0 Å². The number of hydrogen-bond acceptors (Lipinski definition) is 3. The first-order valence-corrected chi connectivity index (χ1v) is 9.45. The Hall–Kier alpha value is -1.75. The van der Waals surface area contributed by atoms with E-state index in [4.69, 9.17) is 4.74 Å². The van der Waals surface area contributed by atoms with Gasteiger partial charge in [0, 0.05) is 19.6 Å². The Kier molecular flexibility index (Phi) is 10.7. The molecule has 0 bridgehead atoms. The third-order valence-electron chi connectivity index (χ3n) is 4.49. The molecule has 1 unspecified atom stereocenters. The molecule has 0 fully saturated rings. The van der Waals surface area contributed by atoms with Gasteiger partial charge in [0.05, 0.1) is 7.11 Å². The van der Waals surface area contributed by atoms with Gasteiger partial charge >= 0.3 is 0 Å². The summed E-state index contributed by atoms with van der Waals surface area (Å²) >= 11 is 0. The van der Waals surface area contributed by atoms with Gasteiger partial charge in [-0.2, -0.15) is 0 Å². The number of aliphatic imine (C=N–C) groups is 1. The summed E-state index contributed by atoms with van der Waals surface area (Å²) < 4.78 is 5.40. The van der Waals surface area contributed by atoms with Gasteiger partial charge in [0.2, 0.25) is 0 Å². The molecular weight excluding hydrogens is 312 g/mol. The van der Waals surface area contributed by atoms with Crippen LogP contribution in [0.3, 0.4) is 0 Å². The van der Waals surface area contributed by atoms with Gasteiger partial charge in [0.15, 0.2) is 5.96 Å². The summed E-state index contributed by atoms with van der Waals surface area (Å²) in [7, 11) is 3.54. The molecule has 0 radical (unpaired) electrons. The fraction of sp³-hybridized carbons (Fsp3) is 0.650. The molecule has 0 amide bonds. The minimum Gasteiger partial charge on any atom is -0.496 e. The second kappa shape index (κ2) is 12.6. The average Bonchev–Trinajstić information content (AvgIpc) is 2.64. The Morgan fingerprint density at radius 3 is 2.60 bits per heavy atom. The van der Waals surface area contributed by atoms with Gasteiger partial charge in [-0.3, -0.25) is 4.99 Å². The average molecular weight is 349 g/mol. The van der Waals surface area contributed by atoms with Crippen molar-refractivity contribution in [3.63, 3.8) is 0 Å². The highest BCUT2D eigenvalue weighted by Crippen LogP contribution is 2.17. The van der Waals surface area contributed by atoms with E-state index in [0.29, 0.717) is 6.04 Å². The van der Waals surface area contributed by atoms with Gasteiger partial charge in [-0.25, -0.2) is 0 Å². The molecule has 25 heavy (non-hydrogen) atoms. The van der Waals surface area contributed by atoms with Crippen LogP contribution in [0.5, 0.6) is 5.75 Å². The van der Waals surface area contributed by atoms with Crippen molar-refractivity contribution in [1.82, 2.24) is 15.5 Å². The topological polar surface area (TPSA) is 48.9 Å². The van der Waals surface area contributed by atoms with Crippen molar-refractivity contribution in [3.8, 4) is 5.75 Å². The minimum atomic E-state index is 0.410. The quantitative estimate of drug-likeness (QED) is 0.477. The fourth-order valence-corrected chi connectivity index (χ4v) is 2.89. The van der Waals surface area contributed by atoms with Crippen LogP contribution in [0.15, 0.2) is 29.3 Å². The number of rotatable bonds is 11. The van der Waals surface area contributed by atoms with Crippen molar-refractivity contribution in [2.24, 2.45) is 4.99 Å². The number of guanidine groups is 1. The lowest BCUT2D eigenvalue weighted by Gasteiger charge is -2.21. The Labute approximate surface area is 153 Å². The van der Waals surface area contributed by atoms with Crippen LogP contribution >= 0.6 is 0 Å². The molecule has 0 spiro atoms. The van der Waals surface area contributed by atoms with Crippen molar-refractivity contribution < 1.29 is 4.74 Å². The molecule has 1 aromatic rings. The number of nitrogens with zero attached hydrogens (tertiary/aromatic N) is 2. The zero-order valence-corrected chi connectivity index (χ0v) is 16.6. The lowest BCUT2D eigenvalue weighted by molar-refractivity contribution is 0.292. The first kappa shape index (κ1) is 21.3. The third kappa shape index (κ3) is 8.25. The Bertz CT molecular complexity index is 500. The van der Waals surface area contributed by atoms with Crippen LogP contribution in [0.1, 0.15) is 39.2 Å². The first-order chi connectivity index (χ1) is 12.1. The molecule has 0 aliphatic carbocycles. The number of nitrogens with one attached hydrogen (secondary N) is 2. The fourth-order valence-electron chi connectivity index (χ4n) is 2.89. The molecule has 5 nitrogen and oxygen atoms in total. The molecule has 2 N–H and O–H groups in total. The van der Waals surface area contributed by atoms with Gasteiger partial charge in [-0.1, -0.05) is 32.0 Å². The van der Waals surface area contributed by atoms with Crippen LogP contribution in [0.25, 0.3) is 0 Å². The summed E-state index contributed by atoms with van der Waals surface area (Å²) in [6.45, 7) is 10.9. The van der Waals surface area contributed by atoms with E-state index in [1.165, 1.54) is 18.5 Å². The zero-order chi connectivity index (χ0) is 18.5. The van der Waals surface area contributed by atoms with Crippen molar-refractivity contribution in [2.45, 2.75) is 46.1 Å². The predicted molar refractivity (Wildman–Crippen MR) is 108 cm³/mol. The molecule has 1 atom stereocenters. The molecule has 1 aromatic carbocycles. The van der Waals surface area contributed by atoms with Gasteiger partial charge in [0.1, 0.15) is 5.75 Å². The molecule has 0 aromatic heterocycles. The van der Waals surface area contributed by atoms with Gasteiger partial charge < -0.3 is 20.3 Å². The van der Waals surface area contributed by atoms with Crippen LogP contribution in [-0.2, 0) is 6.42 Å². The highest BCUT2D eigenvalue weighted by molar-refractivity contribution is 5.79. The molecule has 0 saturated heterocycles. The Morgan fingerprint density at radius 1 is 1.24 bits per heavy atom. The largest absolute Gasteiger partial charge is 0.496 e. The van der Waals surface area contributed by atoms with E-state index in [0.717, 1.165) is 44.2 Å². The molecule has 1 rings (SSSR count). The molecule has 5 heteroatoms. The maximum atomic E-state index is 5.40. The summed E-state index contributed by atoms with van der Waals surface area (Å²) in [5.74, 6) is 1.81. The number of benzene rings is 1. The van der Waals surface area contributed by atoms with Crippen molar-refractivity contribution in [3.05, 3.63) is 29.8 Å². The summed E-state index contributed by atoms with van der Waals surface area (Å²) in [6, 6.07) is 8.55. The first-order valence-electron chi connectivity index (χ1n) is 9.45. The maximum Gasteiger partial charge on any atom is 0.191 e. The van der Waals surface area contributed by atoms with E-state index >= 15 is 0 Å². The van der Waals surface area contributed by atoms with Crippen molar-refractivity contribution in [2.75, 3.05) is 40.3 Å². The SMILES string of the molecule is CCN(CC)CCCC(C)NC(=NC)NCCc1ccccc1OC. The third-order valence-corrected chi connectivity index (χ3v) is 4.49. The van der Waals surface area contributed by atoms with Gasteiger partial charge in [-0.15, -0.1) is 0 Å².